The number of benzene rings is 1. The Balaban J connectivity index is 3.17. The lowest BCUT2D eigenvalue weighted by Crippen LogP contribution is -2.13. The molecule has 2 N–H and O–H groups in total. The summed E-state index contributed by atoms with van der Waals surface area (Å²) in [5, 5.41) is 0. The maximum absolute atomic E-state index is 5.94. The Bertz CT molecular complexity index is 325. The van der Waals surface area contributed by atoms with E-state index in [9.17, 15) is 0 Å². The predicted octanol–water partition coefficient (Wildman–Crippen LogP) is 2.24. The Labute approximate surface area is 90.9 Å². The molecule has 0 saturated heterocycles. The Morgan fingerprint density at radius 1 is 1.36 bits per heavy atom. The lowest BCUT2D eigenvalue weighted by Gasteiger charge is -2.16. The van der Waals surface area contributed by atoms with Crippen LogP contribution in [0, 0.1) is 13.8 Å². The van der Waals surface area contributed by atoms with E-state index in [1.54, 1.807) is 7.11 Å². The van der Waals surface area contributed by atoms with Gasteiger partial charge >= 0.3 is 0 Å². The molecule has 1 rings (SSSR count). The van der Waals surface area contributed by atoms with E-state index in [-0.39, 0.29) is 6.04 Å². The zero-order chi connectivity index (χ0) is 10.7. The third-order valence-electron chi connectivity index (χ3n) is 2.60. The van der Waals surface area contributed by atoms with Crippen LogP contribution in [-0.4, -0.2) is 12.9 Å². The molecule has 0 aliphatic carbocycles. The molecule has 0 saturated carbocycles. The van der Waals surface area contributed by atoms with E-state index in [4.69, 9.17) is 10.5 Å². The van der Waals surface area contributed by atoms with Gasteiger partial charge in [0.2, 0.25) is 0 Å². The van der Waals surface area contributed by atoms with Crippen LogP contribution in [0.15, 0.2) is 12.1 Å². The summed E-state index contributed by atoms with van der Waals surface area (Å²) in [5.74, 6) is 1.57. The first-order valence-corrected chi connectivity index (χ1v) is 5.25. The summed E-state index contributed by atoms with van der Waals surface area (Å²) in [5.41, 5.74) is 9.44. The fourth-order valence-electron chi connectivity index (χ4n) is 1.54. The smallest absolute Gasteiger partial charge is 0.122 e. The Morgan fingerprint density at radius 2 is 2.00 bits per heavy atom. The average molecular weight is 211 g/mol. The van der Waals surface area contributed by atoms with Crippen LogP contribution >= 0.6 is 12.6 Å². The molecule has 14 heavy (non-hydrogen) atoms. The molecular weight excluding hydrogens is 194 g/mol. The van der Waals surface area contributed by atoms with Crippen LogP contribution in [0.3, 0.4) is 0 Å². The van der Waals surface area contributed by atoms with Gasteiger partial charge in [0.05, 0.1) is 7.11 Å². The number of ether oxygens (including phenoxy) is 1. The van der Waals surface area contributed by atoms with Crippen molar-refractivity contribution in [2.24, 2.45) is 5.73 Å². The van der Waals surface area contributed by atoms with E-state index in [2.05, 4.69) is 19.6 Å². The number of nitrogens with two attached hydrogens (primary N) is 1. The van der Waals surface area contributed by atoms with Crippen molar-refractivity contribution in [2.75, 3.05) is 12.9 Å². The van der Waals surface area contributed by atoms with Crippen molar-refractivity contribution >= 4 is 12.6 Å². The molecular formula is C11H17NOS. The summed E-state index contributed by atoms with van der Waals surface area (Å²) < 4.78 is 5.23. The topological polar surface area (TPSA) is 35.2 Å². The number of hydrogen-bond donors (Lipinski definition) is 2. The van der Waals surface area contributed by atoms with E-state index >= 15 is 0 Å². The molecule has 1 atom stereocenters. The minimum absolute atomic E-state index is 0.00272. The number of hydrogen-bond acceptors (Lipinski definition) is 3. The van der Waals surface area contributed by atoms with E-state index in [1.807, 2.05) is 19.1 Å². The fourth-order valence-corrected chi connectivity index (χ4v) is 1.73. The van der Waals surface area contributed by atoms with Gasteiger partial charge in [0, 0.05) is 11.8 Å². The molecule has 0 heterocycles. The number of rotatable bonds is 3. The molecule has 78 valence electrons. The molecule has 1 aromatic carbocycles. The van der Waals surface area contributed by atoms with Crippen molar-refractivity contribution in [2.45, 2.75) is 19.9 Å². The first-order chi connectivity index (χ1) is 6.61. The van der Waals surface area contributed by atoms with Crippen molar-refractivity contribution in [1.29, 1.82) is 0 Å². The predicted molar refractivity (Wildman–Crippen MR) is 63.2 cm³/mol. The quantitative estimate of drug-likeness (QED) is 0.752. The number of thiol groups is 1. The first-order valence-electron chi connectivity index (χ1n) is 4.62. The average Bonchev–Trinajstić information content (AvgIpc) is 2.21. The lowest BCUT2D eigenvalue weighted by atomic mass is 9.98. The molecule has 1 unspecified atom stereocenters. The Kier molecular flexibility index (Phi) is 3.84. The van der Waals surface area contributed by atoms with Gasteiger partial charge in [-0.1, -0.05) is 6.07 Å². The zero-order valence-electron chi connectivity index (χ0n) is 8.87. The zero-order valence-corrected chi connectivity index (χ0v) is 9.77. The van der Waals surface area contributed by atoms with Gasteiger partial charge in [-0.3, -0.25) is 0 Å². The van der Waals surface area contributed by atoms with E-state index in [1.165, 1.54) is 5.56 Å². The minimum atomic E-state index is 0.00272. The monoisotopic (exact) mass is 211 g/mol. The standard InChI is InChI=1S/C11H17NOS/c1-7-8(2)11(13-3)5-4-9(7)10(12)6-14/h4-5,10,14H,6,12H2,1-3H3. The second-order valence-corrected chi connectivity index (χ2v) is 3.76. The van der Waals surface area contributed by atoms with E-state index in [0.717, 1.165) is 16.9 Å². The molecule has 0 amide bonds. The summed E-state index contributed by atoms with van der Waals surface area (Å²) >= 11 is 4.20. The van der Waals surface area contributed by atoms with Gasteiger partial charge in [0.15, 0.2) is 0 Å². The Hall–Kier alpha value is -0.670. The Morgan fingerprint density at radius 3 is 2.50 bits per heavy atom. The molecule has 0 spiro atoms. The second-order valence-electron chi connectivity index (χ2n) is 3.40. The lowest BCUT2D eigenvalue weighted by molar-refractivity contribution is 0.411. The summed E-state index contributed by atoms with van der Waals surface area (Å²) in [4.78, 5) is 0. The van der Waals surface area contributed by atoms with Crippen LogP contribution in [0.5, 0.6) is 5.75 Å². The highest BCUT2D eigenvalue weighted by atomic mass is 32.1. The summed E-state index contributed by atoms with van der Waals surface area (Å²) in [6.07, 6.45) is 0. The van der Waals surface area contributed by atoms with Gasteiger partial charge in [0.1, 0.15) is 5.75 Å². The highest BCUT2D eigenvalue weighted by Gasteiger charge is 2.11. The van der Waals surface area contributed by atoms with Gasteiger partial charge in [-0.25, -0.2) is 0 Å². The van der Waals surface area contributed by atoms with Crippen LogP contribution < -0.4 is 10.5 Å². The summed E-state index contributed by atoms with van der Waals surface area (Å²) in [6, 6.07) is 3.98. The van der Waals surface area contributed by atoms with Crippen LogP contribution in [0.25, 0.3) is 0 Å². The molecule has 2 nitrogen and oxygen atoms in total. The highest BCUT2D eigenvalue weighted by molar-refractivity contribution is 7.80. The van der Waals surface area contributed by atoms with Crippen molar-refractivity contribution in [3.05, 3.63) is 28.8 Å². The molecule has 3 heteroatoms. The van der Waals surface area contributed by atoms with E-state index < -0.39 is 0 Å². The van der Waals surface area contributed by atoms with Gasteiger partial charge < -0.3 is 10.5 Å². The van der Waals surface area contributed by atoms with E-state index in [0.29, 0.717) is 5.75 Å². The molecule has 0 radical (unpaired) electrons. The van der Waals surface area contributed by atoms with Crippen molar-refractivity contribution < 1.29 is 4.74 Å². The summed E-state index contributed by atoms with van der Waals surface area (Å²) in [7, 11) is 1.68. The van der Waals surface area contributed by atoms with Crippen LogP contribution in [0.4, 0.5) is 0 Å². The fraction of sp³-hybridized carbons (Fsp3) is 0.455. The molecule has 0 bridgehead atoms. The third kappa shape index (κ3) is 2.04. The van der Waals surface area contributed by atoms with Gasteiger partial charge in [0.25, 0.3) is 0 Å². The normalized spacial score (nSPS) is 12.6. The molecule has 0 fully saturated rings. The second kappa shape index (κ2) is 4.71. The summed E-state index contributed by atoms with van der Waals surface area (Å²) in [6.45, 7) is 4.11. The molecule has 0 aliphatic heterocycles. The minimum Gasteiger partial charge on any atom is -0.496 e. The third-order valence-corrected chi connectivity index (χ3v) is 2.99. The molecule has 1 aromatic rings. The van der Waals surface area contributed by atoms with Gasteiger partial charge in [-0.15, -0.1) is 0 Å². The van der Waals surface area contributed by atoms with Crippen LogP contribution in [0.2, 0.25) is 0 Å². The molecule has 0 aliphatic rings. The maximum atomic E-state index is 5.94. The van der Waals surface area contributed by atoms with Crippen LogP contribution in [-0.2, 0) is 0 Å². The molecule has 0 aromatic heterocycles. The highest BCUT2D eigenvalue weighted by Crippen LogP contribution is 2.27. The van der Waals surface area contributed by atoms with Crippen molar-refractivity contribution in [1.82, 2.24) is 0 Å². The maximum Gasteiger partial charge on any atom is 0.122 e. The number of methoxy groups -OCH3 is 1. The largest absolute Gasteiger partial charge is 0.496 e. The van der Waals surface area contributed by atoms with Gasteiger partial charge in [-0.05, 0) is 36.6 Å². The van der Waals surface area contributed by atoms with Crippen molar-refractivity contribution in [3.8, 4) is 5.75 Å². The van der Waals surface area contributed by atoms with Gasteiger partial charge in [-0.2, -0.15) is 12.6 Å². The van der Waals surface area contributed by atoms with Crippen molar-refractivity contribution in [3.63, 3.8) is 0 Å². The van der Waals surface area contributed by atoms with Crippen LogP contribution in [0.1, 0.15) is 22.7 Å². The first kappa shape index (κ1) is 11.4. The SMILES string of the molecule is COc1ccc(C(N)CS)c(C)c1C.